The van der Waals surface area contributed by atoms with Crippen LogP contribution in [0.15, 0.2) is 30.5 Å². The molecular weight excluding hydrogens is 278 g/mol. The molecule has 0 saturated carbocycles. The number of carbonyl (C=O) groups excluding carboxylic acids is 2. The molecule has 1 heterocycles. The summed E-state index contributed by atoms with van der Waals surface area (Å²) < 4.78 is 0. The first-order valence-electron chi connectivity index (χ1n) is 7.61. The molecule has 5 nitrogen and oxygen atoms in total. The lowest BCUT2D eigenvalue weighted by atomic mass is 10.0. The third-order valence-corrected chi connectivity index (χ3v) is 3.65. The van der Waals surface area contributed by atoms with Gasteiger partial charge in [0, 0.05) is 23.6 Å². The van der Waals surface area contributed by atoms with Gasteiger partial charge in [-0.15, -0.1) is 0 Å². The molecule has 2 aromatic rings. The third-order valence-electron chi connectivity index (χ3n) is 3.65. The van der Waals surface area contributed by atoms with E-state index in [1.54, 1.807) is 4.90 Å². The summed E-state index contributed by atoms with van der Waals surface area (Å²) in [4.78, 5) is 28.5. The lowest BCUT2D eigenvalue weighted by Gasteiger charge is -2.24. The number of amides is 1. The molecule has 1 aromatic carbocycles. The number of H-pyrrole nitrogens is 1. The summed E-state index contributed by atoms with van der Waals surface area (Å²) in [6.45, 7) is 4.15. The van der Waals surface area contributed by atoms with E-state index in [1.165, 1.54) is 6.92 Å². The van der Waals surface area contributed by atoms with Crippen molar-refractivity contribution in [3.05, 3.63) is 36.0 Å². The highest BCUT2D eigenvalue weighted by atomic mass is 16.2. The summed E-state index contributed by atoms with van der Waals surface area (Å²) in [5.74, 6) is -0.191. The Morgan fingerprint density at radius 2 is 2.05 bits per heavy atom. The highest BCUT2D eigenvalue weighted by molar-refractivity contribution is 5.89. The fourth-order valence-corrected chi connectivity index (χ4v) is 2.67. The Kier molecular flexibility index (Phi) is 5.33. The molecule has 0 aliphatic rings. The number of nitrogens with zero attached hydrogens (tertiary/aromatic N) is 1. The summed E-state index contributed by atoms with van der Waals surface area (Å²) in [5.41, 5.74) is 8.15. The fraction of sp³-hybridized carbons (Fsp3) is 0.412. The van der Waals surface area contributed by atoms with Gasteiger partial charge in [-0.05, 0) is 31.4 Å². The van der Waals surface area contributed by atoms with Crippen molar-refractivity contribution in [2.24, 2.45) is 5.73 Å². The van der Waals surface area contributed by atoms with Crippen LogP contribution in [0.25, 0.3) is 10.9 Å². The summed E-state index contributed by atoms with van der Waals surface area (Å²) in [5, 5.41) is 1.08. The maximum atomic E-state index is 12.5. The van der Waals surface area contributed by atoms with Gasteiger partial charge in [0.1, 0.15) is 5.78 Å². The second-order valence-electron chi connectivity index (χ2n) is 5.63. The number of benzene rings is 1. The molecule has 1 amide bonds. The molecule has 0 fully saturated rings. The van der Waals surface area contributed by atoms with Crippen molar-refractivity contribution < 1.29 is 9.59 Å². The minimum atomic E-state index is -0.634. The molecule has 1 aromatic heterocycles. The number of aromatic nitrogens is 1. The second-order valence-corrected chi connectivity index (χ2v) is 5.63. The van der Waals surface area contributed by atoms with Crippen LogP contribution < -0.4 is 5.73 Å². The van der Waals surface area contributed by atoms with Crippen LogP contribution in [0.3, 0.4) is 0 Å². The summed E-state index contributed by atoms with van der Waals surface area (Å²) in [7, 11) is 0. The van der Waals surface area contributed by atoms with Gasteiger partial charge >= 0.3 is 0 Å². The van der Waals surface area contributed by atoms with E-state index < -0.39 is 6.04 Å². The number of hydrogen-bond donors (Lipinski definition) is 2. The monoisotopic (exact) mass is 301 g/mol. The number of aromatic amines is 1. The first-order chi connectivity index (χ1) is 10.5. The van der Waals surface area contributed by atoms with Crippen LogP contribution in [-0.2, 0) is 16.0 Å². The number of Topliss-reactive ketones (excluding diaryl/α,β-unsaturated/α-hetero) is 1. The van der Waals surface area contributed by atoms with Crippen LogP contribution in [-0.4, -0.2) is 40.7 Å². The highest BCUT2D eigenvalue weighted by Gasteiger charge is 2.22. The van der Waals surface area contributed by atoms with Crippen molar-refractivity contribution in [3.63, 3.8) is 0 Å². The van der Waals surface area contributed by atoms with Gasteiger partial charge in [-0.2, -0.15) is 0 Å². The van der Waals surface area contributed by atoms with Gasteiger partial charge in [0.2, 0.25) is 5.91 Å². The molecule has 2 rings (SSSR count). The van der Waals surface area contributed by atoms with Crippen LogP contribution >= 0.6 is 0 Å². The Balaban J connectivity index is 2.11. The number of nitrogens with two attached hydrogens (primary N) is 1. The zero-order valence-electron chi connectivity index (χ0n) is 13.1. The lowest BCUT2D eigenvalue weighted by molar-refractivity contribution is -0.136. The van der Waals surface area contributed by atoms with E-state index in [-0.39, 0.29) is 18.2 Å². The van der Waals surface area contributed by atoms with Crippen LogP contribution in [0.4, 0.5) is 0 Å². The predicted octanol–water partition coefficient (Wildman–Crippen LogP) is 1.87. The van der Waals surface area contributed by atoms with E-state index in [0.29, 0.717) is 13.0 Å². The van der Waals surface area contributed by atoms with E-state index >= 15 is 0 Å². The van der Waals surface area contributed by atoms with Crippen molar-refractivity contribution in [1.29, 1.82) is 0 Å². The molecule has 0 aliphatic heterocycles. The van der Waals surface area contributed by atoms with E-state index in [9.17, 15) is 9.59 Å². The number of rotatable bonds is 7. The summed E-state index contributed by atoms with van der Waals surface area (Å²) in [6.07, 6.45) is 3.16. The maximum Gasteiger partial charge on any atom is 0.240 e. The minimum absolute atomic E-state index is 0.0268. The van der Waals surface area contributed by atoms with Gasteiger partial charge in [-0.1, -0.05) is 25.1 Å². The van der Waals surface area contributed by atoms with E-state index in [2.05, 4.69) is 4.98 Å². The van der Waals surface area contributed by atoms with Crippen molar-refractivity contribution in [2.75, 3.05) is 13.1 Å². The van der Waals surface area contributed by atoms with Gasteiger partial charge in [-0.25, -0.2) is 0 Å². The number of carbonyl (C=O) groups is 2. The van der Waals surface area contributed by atoms with Crippen LogP contribution in [0, 0.1) is 0 Å². The molecular formula is C17H23N3O2. The summed E-state index contributed by atoms with van der Waals surface area (Å²) in [6, 6.07) is 7.30. The normalized spacial score (nSPS) is 12.3. The molecule has 3 N–H and O–H groups in total. The van der Waals surface area contributed by atoms with Gasteiger partial charge < -0.3 is 15.6 Å². The van der Waals surface area contributed by atoms with Gasteiger partial charge in [-0.3, -0.25) is 9.59 Å². The number of nitrogens with one attached hydrogen (secondary N) is 1. The Morgan fingerprint density at radius 1 is 1.32 bits per heavy atom. The first kappa shape index (κ1) is 16.2. The van der Waals surface area contributed by atoms with E-state index in [4.69, 9.17) is 5.73 Å². The number of ketones is 1. The average Bonchev–Trinajstić information content (AvgIpc) is 2.89. The molecule has 0 bridgehead atoms. The maximum absolute atomic E-state index is 12.5. The Morgan fingerprint density at radius 3 is 2.73 bits per heavy atom. The van der Waals surface area contributed by atoms with Gasteiger partial charge in [0.05, 0.1) is 12.6 Å². The van der Waals surface area contributed by atoms with E-state index in [1.807, 2.05) is 37.4 Å². The molecule has 5 heteroatoms. The van der Waals surface area contributed by atoms with Crippen LogP contribution in [0.1, 0.15) is 25.8 Å². The molecule has 0 aliphatic carbocycles. The van der Waals surface area contributed by atoms with Crippen molar-refractivity contribution in [3.8, 4) is 0 Å². The lowest BCUT2D eigenvalue weighted by Crippen LogP contribution is -2.46. The molecule has 0 radical (unpaired) electrons. The minimum Gasteiger partial charge on any atom is -0.361 e. The Labute approximate surface area is 130 Å². The van der Waals surface area contributed by atoms with Gasteiger partial charge in [0.15, 0.2) is 0 Å². The van der Waals surface area contributed by atoms with Crippen molar-refractivity contribution >= 4 is 22.6 Å². The highest BCUT2D eigenvalue weighted by Crippen LogP contribution is 2.19. The van der Waals surface area contributed by atoms with Crippen molar-refractivity contribution in [2.45, 2.75) is 32.7 Å². The van der Waals surface area contributed by atoms with Crippen LogP contribution in [0.2, 0.25) is 0 Å². The molecule has 22 heavy (non-hydrogen) atoms. The van der Waals surface area contributed by atoms with Gasteiger partial charge in [0.25, 0.3) is 0 Å². The molecule has 0 saturated heterocycles. The topological polar surface area (TPSA) is 79.2 Å². The molecule has 0 spiro atoms. The predicted molar refractivity (Wildman–Crippen MR) is 87.5 cm³/mol. The number of hydrogen-bond acceptors (Lipinski definition) is 3. The standard InChI is InChI=1S/C17H23N3O2/c1-3-8-20(11-12(2)21)17(22)15(18)9-13-10-19-16-7-5-4-6-14(13)16/h4-7,10,15,19H,3,8-9,11,18H2,1-2H3. The summed E-state index contributed by atoms with van der Waals surface area (Å²) >= 11 is 0. The number of para-hydroxylation sites is 1. The number of fused-ring (bicyclic) bond motifs is 1. The van der Waals surface area contributed by atoms with E-state index in [0.717, 1.165) is 22.9 Å². The Hall–Kier alpha value is -2.14. The molecule has 1 atom stereocenters. The quantitative estimate of drug-likeness (QED) is 0.819. The zero-order valence-corrected chi connectivity index (χ0v) is 13.1. The first-order valence-corrected chi connectivity index (χ1v) is 7.61. The van der Waals surface area contributed by atoms with Crippen LogP contribution in [0.5, 0.6) is 0 Å². The third kappa shape index (κ3) is 3.74. The molecule has 118 valence electrons. The largest absolute Gasteiger partial charge is 0.361 e. The second kappa shape index (κ2) is 7.22. The Bertz CT molecular complexity index is 663. The van der Waals surface area contributed by atoms with Crippen molar-refractivity contribution in [1.82, 2.24) is 9.88 Å². The smallest absolute Gasteiger partial charge is 0.240 e. The fourth-order valence-electron chi connectivity index (χ4n) is 2.67. The molecule has 1 unspecified atom stereocenters. The SMILES string of the molecule is CCCN(CC(C)=O)C(=O)C(N)Cc1c[nH]c2ccccc12. The zero-order chi connectivity index (χ0) is 16.1. The average molecular weight is 301 g/mol.